The summed E-state index contributed by atoms with van der Waals surface area (Å²) in [6.07, 6.45) is 4.21. The van der Waals surface area contributed by atoms with Gasteiger partial charge in [-0.15, -0.1) is 0 Å². The third-order valence-electron chi connectivity index (χ3n) is 5.64. The largest absolute Gasteiger partial charge is 0.294 e. The zero-order valence-corrected chi connectivity index (χ0v) is 16.3. The van der Waals surface area contributed by atoms with Crippen molar-refractivity contribution in [1.82, 2.24) is 18.9 Å². The van der Waals surface area contributed by atoms with Crippen molar-refractivity contribution in [2.24, 2.45) is 0 Å². The van der Waals surface area contributed by atoms with Crippen LogP contribution in [0.15, 0.2) is 65.7 Å². The van der Waals surface area contributed by atoms with Crippen molar-refractivity contribution < 1.29 is 8.78 Å². The standard InChI is InChI=1S/C23H20F2N4O/c24-18-7-6-17(20(25)12-18)14-29-22(30)19-15-27(13-16-4-2-1-3-5-16)10-8-21(19)28-11-9-26-23(28)29/h1-7,9,11-12H,8,10,13-15H2. The Morgan fingerprint density at radius 3 is 2.67 bits per heavy atom. The predicted octanol–water partition coefficient (Wildman–Crippen LogP) is 3.38. The van der Waals surface area contributed by atoms with E-state index < -0.39 is 11.6 Å². The van der Waals surface area contributed by atoms with E-state index in [1.807, 2.05) is 28.8 Å². The van der Waals surface area contributed by atoms with E-state index in [4.69, 9.17) is 0 Å². The van der Waals surface area contributed by atoms with Crippen LogP contribution in [-0.2, 0) is 26.1 Å². The topological polar surface area (TPSA) is 42.5 Å². The molecule has 0 saturated carbocycles. The molecule has 0 saturated heterocycles. The summed E-state index contributed by atoms with van der Waals surface area (Å²) in [5.41, 5.74) is 2.92. The molecule has 1 aliphatic heterocycles. The first-order chi connectivity index (χ1) is 14.6. The van der Waals surface area contributed by atoms with E-state index in [0.717, 1.165) is 31.3 Å². The van der Waals surface area contributed by atoms with E-state index in [2.05, 4.69) is 22.0 Å². The summed E-state index contributed by atoms with van der Waals surface area (Å²) in [5, 5.41) is 0. The first kappa shape index (κ1) is 18.7. The number of hydrogen-bond acceptors (Lipinski definition) is 3. The molecule has 0 atom stereocenters. The zero-order valence-electron chi connectivity index (χ0n) is 16.3. The second kappa shape index (κ2) is 7.50. The van der Waals surface area contributed by atoms with Gasteiger partial charge in [0, 0.05) is 55.8 Å². The van der Waals surface area contributed by atoms with Gasteiger partial charge in [-0.3, -0.25) is 18.7 Å². The lowest BCUT2D eigenvalue weighted by atomic mass is 10.1. The van der Waals surface area contributed by atoms with Crippen LogP contribution >= 0.6 is 0 Å². The Labute approximate surface area is 171 Å². The minimum atomic E-state index is -0.671. The Kier molecular flexibility index (Phi) is 4.67. The van der Waals surface area contributed by atoms with Gasteiger partial charge in [0.15, 0.2) is 0 Å². The lowest BCUT2D eigenvalue weighted by molar-refractivity contribution is 0.240. The number of halogens is 2. The molecule has 1 aliphatic rings. The van der Waals surface area contributed by atoms with E-state index in [-0.39, 0.29) is 17.7 Å². The molecule has 0 N–H and O–H groups in total. The monoisotopic (exact) mass is 406 g/mol. The van der Waals surface area contributed by atoms with E-state index in [1.54, 1.807) is 6.20 Å². The van der Waals surface area contributed by atoms with Crippen LogP contribution in [0.1, 0.15) is 22.4 Å². The summed E-state index contributed by atoms with van der Waals surface area (Å²) < 4.78 is 30.9. The molecule has 30 heavy (non-hydrogen) atoms. The molecular formula is C23H20F2N4O. The first-order valence-electron chi connectivity index (χ1n) is 9.88. The highest BCUT2D eigenvalue weighted by Gasteiger charge is 2.24. The molecule has 0 fully saturated rings. The molecule has 7 heteroatoms. The predicted molar refractivity (Wildman–Crippen MR) is 109 cm³/mol. The molecular weight excluding hydrogens is 386 g/mol. The van der Waals surface area contributed by atoms with Gasteiger partial charge in [0.25, 0.3) is 5.56 Å². The minimum Gasteiger partial charge on any atom is -0.294 e. The van der Waals surface area contributed by atoms with Crippen molar-refractivity contribution in [1.29, 1.82) is 0 Å². The molecule has 0 spiro atoms. The van der Waals surface area contributed by atoms with Crippen molar-refractivity contribution in [3.05, 3.63) is 105 Å². The molecule has 2 aromatic heterocycles. The lowest BCUT2D eigenvalue weighted by Gasteiger charge is -2.29. The fraction of sp³-hybridized carbons (Fsp3) is 0.217. The SMILES string of the molecule is O=c1c2c(n3ccnc3n1Cc1ccc(F)cc1F)CCN(Cc1ccccc1)C2. The van der Waals surface area contributed by atoms with Crippen LogP contribution < -0.4 is 5.56 Å². The Balaban J connectivity index is 1.54. The van der Waals surface area contributed by atoms with Crippen LogP contribution in [0.4, 0.5) is 8.78 Å². The van der Waals surface area contributed by atoms with Gasteiger partial charge >= 0.3 is 0 Å². The average molecular weight is 406 g/mol. The smallest absolute Gasteiger partial charge is 0.259 e. The normalized spacial score (nSPS) is 14.2. The number of aromatic nitrogens is 3. The van der Waals surface area contributed by atoms with E-state index >= 15 is 0 Å². The summed E-state index contributed by atoms with van der Waals surface area (Å²) in [6.45, 7) is 2.11. The number of hydrogen-bond donors (Lipinski definition) is 0. The molecule has 5 nitrogen and oxygen atoms in total. The maximum atomic E-state index is 14.2. The lowest BCUT2D eigenvalue weighted by Crippen LogP contribution is -2.38. The highest BCUT2D eigenvalue weighted by Crippen LogP contribution is 2.20. The van der Waals surface area contributed by atoms with Crippen molar-refractivity contribution in [3.63, 3.8) is 0 Å². The number of imidazole rings is 1. The van der Waals surface area contributed by atoms with Crippen molar-refractivity contribution in [2.45, 2.75) is 26.1 Å². The van der Waals surface area contributed by atoms with Crippen LogP contribution in [0, 0.1) is 11.6 Å². The summed E-state index contributed by atoms with van der Waals surface area (Å²) in [7, 11) is 0. The van der Waals surface area contributed by atoms with E-state index in [0.29, 0.717) is 17.9 Å². The van der Waals surface area contributed by atoms with Gasteiger partial charge < -0.3 is 0 Å². The number of benzene rings is 2. The highest BCUT2D eigenvalue weighted by atomic mass is 19.1. The first-order valence-corrected chi connectivity index (χ1v) is 9.88. The highest BCUT2D eigenvalue weighted by molar-refractivity contribution is 5.39. The van der Waals surface area contributed by atoms with Crippen LogP contribution in [0.3, 0.4) is 0 Å². The molecule has 4 aromatic rings. The summed E-state index contributed by atoms with van der Waals surface area (Å²) in [6, 6.07) is 13.6. The Bertz CT molecular complexity index is 1280. The molecule has 5 rings (SSSR count). The van der Waals surface area contributed by atoms with Crippen LogP contribution in [0.25, 0.3) is 5.78 Å². The van der Waals surface area contributed by atoms with Crippen molar-refractivity contribution in [3.8, 4) is 0 Å². The fourth-order valence-corrected chi connectivity index (χ4v) is 4.16. The van der Waals surface area contributed by atoms with Gasteiger partial charge in [-0.05, 0) is 11.6 Å². The molecule has 0 aliphatic carbocycles. The Morgan fingerprint density at radius 1 is 1.03 bits per heavy atom. The third-order valence-corrected chi connectivity index (χ3v) is 5.64. The number of rotatable bonds is 4. The van der Waals surface area contributed by atoms with Gasteiger partial charge in [-0.1, -0.05) is 36.4 Å². The third kappa shape index (κ3) is 3.31. The van der Waals surface area contributed by atoms with E-state index in [1.165, 1.54) is 22.3 Å². The van der Waals surface area contributed by atoms with Gasteiger partial charge in [0.2, 0.25) is 5.78 Å². The quantitative estimate of drug-likeness (QED) is 0.522. The van der Waals surface area contributed by atoms with Gasteiger partial charge in [-0.2, -0.15) is 0 Å². The number of fused-ring (bicyclic) bond motifs is 3. The maximum absolute atomic E-state index is 14.2. The van der Waals surface area contributed by atoms with Gasteiger partial charge in [0.1, 0.15) is 11.6 Å². The Hall–Kier alpha value is -3.32. The van der Waals surface area contributed by atoms with Crippen molar-refractivity contribution >= 4 is 5.78 Å². The van der Waals surface area contributed by atoms with Gasteiger partial charge in [0.05, 0.1) is 12.1 Å². The molecule has 0 bridgehead atoms. The molecule has 0 radical (unpaired) electrons. The second-order valence-electron chi connectivity index (χ2n) is 7.60. The maximum Gasteiger partial charge on any atom is 0.259 e. The molecule has 0 amide bonds. The van der Waals surface area contributed by atoms with Crippen LogP contribution in [0.2, 0.25) is 0 Å². The van der Waals surface area contributed by atoms with Crippen molar-refractivity contribution in [2.75, 3.05) is 6.54 Å². The van der Waals surface area contributed by atoms with Gasteiger partial charge in [-0.25, -0.2) is 13.8 Å². The van der Waals surface area contributed by atoms with E-state index in [9.17, 15) is 13.6 Å². The molecule has 2 aromatic carbocycles. The molecule has 152 valence electrons. The summed E-state index contributed by atoms with van der Waals surface area (Å²) in [5.74, 6) is -0.842. The summed E-state index contributed by atoms with van der Waals surface area (Å²) >= 11 is 0. The second-order valence-corrected chi connectivity index (χ2v) is 7.60. The minimum absolute atomic E-state index is 0.00255. The number of nitrogens with zero attached hydrogens (tertiary/aromatic N) is 4. The van der Waals surface area contributed by atoms with Crippen LogP contribution in [-0.4, -0.2) is 25.4 Å². The average Bonchev–Trinajstić information content (AvgIpc) is 3.23. The molecule has 3 heterocycles. The van der Waals surface area contributed by atoms with Crippen LogP contribution in [0.5, 0.6) is 0 Å². The zero-order chi connectivity index (χ0) is 20.7. The fourth-order valence-electron chi connectivity index (χ4n) is 4.16. The Morgan fingerprint density at radius 2 is 1.87 bits per heavy atom. The summed E-state index contributed by atoms with van der Waals surface area (Å²) in [4.78, 5) is 20.0. The molecule has 0 unspecified atom stereocenters.